The first-order valence-corrected chi connectivity index (χ1v) is 4.98. The molecule has 0 radical (unpaired) electrons. The van der Waals surface area contributed by atoms with Crippen molar-refractivity contribution in [3.05, 3.63) is 22.5 Å². The lowest BCUT2D eigenvalue weighted by atomic mass is 10.3. The third kappa shape index (κ3) is 4.19. The minimum Gasteiger partial charge on any atom is -0.383 e. The maximum Gasteiger partial charge on any atom is 0.307 e. The Morgan fingerprint density at radius 2 is 2.47 bits per heavy atom. The van der Waals surface area contributed by atoms with Gasteiger partial charge in [0.1, 0.15) is 18.9 Å². The van der Waals surface area contributed by atoms with Crippen molar-refractivity contribution in [2.24, 2.45) is 0 Å². The topological polar surface area (TPSA) is 99.3 Å². The van der Waals surface area contributed by atoms with Crippen LogP contribution >= 0.6 is 0 Å². The number of hydrogen-bond donors (Lipinski definition) is 1. The molecule has 8 heteroatoms. The molecular weight excluding hydrogens is 228 g/mol. The molecule has 1 N–H and O–H groups in total. The number of aromatic nitrogens is 2. The van der Waals surface area contributed by atoms with Gasteiger partial charge in [-0.1, -0.05) is 0 Å². The SMILES string of the molecule is COC[C@@H](C)NC(=O)Cn1cc([N+](=O)[O-])cn1. The second-order valence-corrected chi connectivity index (χ2v) is 3.58. The number of nitrogens with one attached hydrogen (secondary N) is 1. The van der Waals surface area contributed by atoms with E-state index in [4.69, 9.17) is 4.74 Å². The lowest BCUT2D eigenvalue weighted by Gasteiger charge is -2.12. The predicted octanol–water partition coefficient (Wildman–Crippen LogP) is -0.0576. The van der Waals surface area contributed by atoms with Crippen molar-refractivity contribution < 1.29 is 14.5 Å². The molecule has 8 nitrogen and oxygen atoms in total. The maximum atomic E-state index is 11.5. The van der Waals surface area contributed by atoms with Gasteiger partial charge in [0, 0.05) is 13.2 Å². The highest BCUT2D eigenvalue weighted by Crippen LogP contribution is 2.07. The largest absolute Gasteiger partial charge is 0.383 e. The van der Waals surface area contributed by atoms with E-state index in [-0.39, 0.29) is 24.2 Å². The molecule has 1 aromatic rings. The van der Waals surface area contributed by atoms with E-state index in [1.165, 1.54) is 10.9 Å². The Labute approximate surface area is 97.7 Å². The van der Waals surface area contributed by atoms with Crippen molar-refractivity contribution >= 4 is 11.6 Å². The molecule has 0 aromatic carbocycles. The highest BCUT2D eigenvalue weighted by molar-refractivity contribution is 5.75. The molecule has 1 aromatic heterocycles. The highest BCUT2D eigenvalue weighted by atomic mass is 16.6. The molecule has 0 fully saturated rings. The van der Waals surface area contributed by atoms with Crippen LogP contribution in [0, 0.1) is 10.1 Å². The minimum absolute atomic E-state index is 0.0537. The fraction of sp³-hybridized carbons (Fsp3) is 0.556. The van der Waals surface area contributed by atoms with Gasteiger partial charge in [0.2, 0.25) is 5.91 Å². The van der Waals surface area contributed by atoms with Crippen LogP contribution in [0.25, 0.3) is 0 Å². The number of rotatable bonds is 6. The molecule has 1 atom stereocenters. The van der Waals surface area contributed by atoms with Crippen LogP contribution in [0.1, 0.15) is 6.92 Å². The smallest absolute Gasteiger partial charge is 0.307 e. The lowest BCUT2D eigenvalue weighted by molar-refractivity contribution is -0.385. The Kier molecular flexibility index (Phi) is 4.58. The van der Waals surface area contributed by atoms with E-state index in [0.29, 0.717) is 6.61 Å². The molecule has 0 saturated heterocycles. The van der Waals surface area contributed by atoms with Crippen molar-refractivity contribution in [2.75, 3.05) is 13.7 Å². The number of carbonyl (C=O) groups excluding carboxylic acids is 1. The quantitative estimate of drug-likeness (QED) is 0.556. The van der Waals surface area contributed by atoms with Gasteiger partial charge < -0.3 is 10.1 Å². The molecule has 0 spiro atoms. The molecule has 17 heavy (non-hydrogen) atoms. The molecule has 1 heterocycles. The van der Waals surface area contributed by atoms with Crippen LogP contribution < -0.4 is 5.32 Å². The Bertz CT molecular complexity index is 403. The van der Waals surface area contributed by atoms with Crippen molar-refractivity contribution in [1.29, 1.82) is 0 Å². The third-order valence-corrected chi connectivity index (χ3v) is 1.96. The van der Waals surface area contributed by atoms with E-state index >= 15 is 0 Å². The maximum absolute atomic E-state index is 11.5. The summed E-state index contributed by atoms with van der Waals surface area (Å²) in [5.41, 5.74) is -0.136. The summed E-state index contributed by atoms with van der Waals surface area (Å²) in [6, 6.07) is -0.113. The number of methoxy groups -OCH3 is 1. The zero-order valence-electron chi connectivity index (χ0n) is 9.62. The molecule has 94 valence electrons. The Morgan fingerprint density at radius 1 is 1.76 bits per heavy atom. The van der Waals surface area contributed by atoms with Crippen LogP contribution in [0.4, 0.5) is 5.69 Å². The molecule has 1 amide bonds. The Morgan fingerprint density at radius 3 is 3.00 bits per heavy atom. The van der Waals surface area contributed by atoms with Crippen LogP contribution in [0.2, 0.25) is 0 Å². The molecule has 1 rings (SSSR count). The van der Waals surface area contributed by atoms with Crippen molar-refractivity contribution in [3.63, 3.8) is 0 Å². The summed E-state index contributed by atoms with van der Waals surface area (Å²) in [4.78, 5) is 21.3. The summed E-state index contributed by atoms with van der Waals surface area (Å²) in [5.74, 6) is -0.271. The van der Waals surface area contributed by atoms with E-state index in [0.717, 1.165) is 6.20 Å². The van der Waals surface area contributed by atoms with Gasteiger partial charge in [0.05, 0.1) is 11.5 Å². The molecular formula is C9H14N4O4. The molecule has 0 bridgehead atoms. The molecule has 0 saturated carbocycles. The zero-order chi connectivity index (χ0) is 12.8. The fourth-order valence-electron chi connectivity index (χ4n) is 1.29. The van der Waals surface area contributed by atoms with Gasteiger partial charge in [-0.15, -0.1) is 0 Å². The van der Waals surface area contributed by atoms with Gasteiger partial charge in [-0.05, 0) is 6.92 Å². The zero-order valence-corrected chi connectivity index (χ0v) is 9.62. The summed E-state index contributed by atoms with van der Waals surface area (Å²) >= 11 is 0. The number of carbonyl (C=O) groups is 1. The van der Waals surface area contributed by atoms with E-state index < -0.39 is 4.92 Å². The van der Waals surface area contributed by atoms with Gasteiger partial charge in [0.15, 0.2) is 0 Å². The number of nitrogens with zero attached hydrogens (tertiary/aromatic N) is 3. The van der Waals surface area contributed by atoms with Crippen molar-refractivity contribution in [2.45, 2.75) is 19.5 Å². The Hall–Kier alpha value is -1.96. The first kappa shape index (κ1) is 13.1. The Balaban J connectivity index is 2.47. The van der Waals surface area contributed by atoms with E-state index in [2.05, 4.69) is 10.4 Å². The van der Waals surface area contributed by atoms with Gasteiger partial charge in [-0.3, -0.25) is 19.6 Å². The van der Waals surface area contributed by atoms with Crippen LogP contribution in [0.3, 0.4) is 0 Å². The number of ether oxygens (including phenoxy) is 1. The van der Waals surface area contributed by atoms with Crippen LogP contribution in [-0.4, -0.2) is 40.4 Å². The van der Waals surface area contributed by atoms with Gasteiger partial charge in [0.25, 0.3) is 0 Å². The third-order valence-electron chi connectivity index (χ3n) is 1.96. The summed E-state index contributed by atoms with van der Waals surface area (Å²) in [5, 5.41) is 16.8. The first-order chi connectivity index (χ1) is 8.02. The lowest BCUT2D eigenvalue weighted by Crippen LogP contribution is -2.37. The normalized spacial score (nSPS) is 12.1. The molecule has 0 aliphatic rings. The van der Waals surface area contributed by atoms with Gasteiger partial charge >= 0.3 is 5.69 Å². The number of amides is 1. The molecule has 0 aliphatic carbocycles. The molecule has 0 aliphatic heterocycles. The van der Waals surface area contributed by atoms with E-state index in [9.17, 15) is 14.9 Å². The predicted molar refractivity (Wildman–Crippen MR) is 58.4 cm³/mol. The second-order valence-electron chi connectivity index (χ2n) is 3.58. The minimum atomic E-state index is -0.561. The monoisotopic (exact) mass is 242 g/mol. The summed E-state index contributed by atoms with van der Waals surface area (Å²) in [6.45, 7) is 2.15. The average Bonchev–Trinajstić information content (AvgIpc) is 2.66. The van der Waals surface area contributed by atoms with E-state index in [1.807, 2.05) is 0 Å². The molecule has 0 unspecified atom stereocenters. The summed E-state index contributed by atoms with van der Waals surface area (Å²) in [6.07, 6.45) is 2.31. The standard InChI is InChI=1S/C9H14N4O4/c1-7(6-17-2)11-9(14)5-12-4-8(3-10-12)13(15)16/h3-4,7H,5-6H2,1-2H3,(H,11,14)/t7-/m1/s1. The van der Waals surface area contributed by atoms with Crippen LogP contribution in [-0.2, 0) is 16.1 Å². The van der Waals surface area contributed by atoms with Crippen molar-refractivity contribution in [3.8, 4) is 0 Å². The summed E-state index contributed by atoms with van der Waals surface area (Å²) in [7, 11) is 1.54. The summed E-state index contributed by atoms with van der Waals surface area (Å²) < 4.78 is 6.08. The first-order valence-electron chi connectivity index (χ1n) is 4.98. The number of hydrogen-bond acceptors (Lipinski definition) is 5. The fourth-order valence-corrected chi connectivity index (χ4v) is 1.29. The van der Waals surface area contributed by atoms with Gasteiger partial charge in [-0.2, -0.15) is 5.10 Å². The number of nitro groups is 1. The average molecular weight is 242 g/mol. The highest BCUT2D eigenvalue weighted by Gasteiger charge is 2.12. The van der Waals surface area contributed by atoms with Crippen molar-refractivity contribution in [1.82, 2.24) is 15.1 Å². The van der Waals surface area contributed by atoms with Crippen LogP contribution in [0.15, 0.2) is 12.4 Å². The van der Waals surface area contributed by atoms with Crippen LogP contribution in [0.5, 0.6) is 0 Å². The van der Waals surface area contributed by atoms with E-state index in [1.54, 1.807) is 14.0 Å². The van der Waals surface area contributed by atoms with Gasteiger partial charge in [-0.25, -0.2) is 0 Å². The second kappa shape index (κ2) is 5.94.